The molecular weight excluding hydrogens is 344 g/mol. The number of amides is 1. The van der Waals surface area contributed by atoms with E-state index in [9.17, 15) is 9.90 Å². The first kappa shape index (κ1) is 19.5. The number of aliphatic imine (C=N–C) groups is 1. The van der Waals surface area contributed by atoms with E-state index in [2.05, 4.69) is 34.8 Å². The van der Waals surface area contributed by atoms with Crippen LogP contribution in [0.4, 0.5) is 0 Å². The van der Waals surface area contributed by atoms with Crippen molar-refractivity contribution in [3.63, 3.8) is 0 Å². The normalized spacial score (nSPS) is 26.0. The second-order valence-corrected chi connectivity index (χ2v) is 7.72. The fourth-order valence-electron chi connectivity index (χ4n) is 4.18. The van der Waals surface area contributed by atoms with Crippen molar-refractivity contribution in [1.82, 2.24) is 16.0 Å². The number of fused-ring (bicyclic) bond motifs is 1. The predicted molar refractivity (Wildman–Crippen MR) is 105 cm³/mol. The first-order valence-corrected chi connectivity index (χ1v) is 9.67. The summed E-state index contributed by atoms with van der Waals surface area (Å²) in [4.78, 5) is 16.7. The van der Waals surface area contributed by atoms with Gasteiger partial charge in [-0.25, -0.2) is 0 Å². The molecule has 3 atom stereocenters. The van der Waals surface area contributed by atoms with Crippen molar-refractivity contribution < 1.29 is 14.6 Å². The highest BCUT2D eigenvalue weighted by Gasteiger charge is 2.59. The van der Waals surface area contributed by atoms with E-state index in [1.807, 2.05) is 6.92 Å². The van der Waals surface area contributed by atoms with E-state index in [4.69, 9.17) is 4.74 Å². The molecule has 148 valence electrons. The molecule has 3 unspecified atom stereocenters. The molecule has 7 heteroatoms. The number of guanidine groups is 1. The van der Waals surface area contributed by atoms with Gasteiger partial charge in [0, 0.05) is 37.1 Å². The van der Waals surface area contributed by atoms with E-state index in [-0.39, 0.29) is 22.6 Å². The molecule has 4 N–H and O–H groups in total. The maximum atomic E-state index is 12.1. The van der Waals surface area contributed by atoms with E-state index in [0.717, 1.165) is 25.5 Å². The SMILES string of the molecule is CCNC(=NCCNC(=O)c1ccccc1O)NC1C2CCOC2C1(C)C. The molecule has 3 rings (SSSR count). The maximum Gasteiger partial charge on any atom is 0.255 e. The number of rotatable bonds is 6. The molecule has 2 fully saturated rings. The second-order valence-electron chi connectivity index (χ2n) is 7.72. The fourth-order valence-corrected chi connectivity index (χ4v) is 4.18. The van der Waals surface area contributed by atoms with Crippen LogP contribution in [0.1, 0.15) is 37.6 Å². The summed E-state index contributed by atoms with van der Waals surface area (Å²) in [5.74, 6) is 0.976. The van der Waals surface area contributed by atoms with Crippen molar-refractivity contribution in [3.05, 3.63) is 29.8 Å². The molecule has 1 aliphatic carbocycles. The van der Waals surface area contributed by atoms with Crippen molar-refractivity contribution in [2.45, 2.75) is 39.3 Å². The number of carbonyl (C=O) groups is 1. The van der Waals surface area contributed by atoms with Crippen LogP contribution < -0.4 is 16.0 Å². The number of para-hydroxylation sites is 1. The number of carbonyl (C=O) groups excluding carboxylic acids is 1. The van der Waals surface area contributed by atoms with Crippen molar-refractivity contribution in [2.75, 3.05) is 26.2 Å². The highest BCUT2D eigenvalue weighted by Crippen LogP contribution is 2.52. The van der Waals surface area contributed by atoms with E-state index >= 15 is 0 Å². The van der Waals surface area contributed by atoms with Gasteiger partial charge in [0.15, 0.2) is 5.96 Å². The van der Waals surface area contributed by atoms with E-state index < -0.39 is 0 Å². The summed E-state index contributed by atoms with van der Waals surface area (Å²) in [5, 5.41) is 19.3. The summed E-state index contributed by atoms with van der Waals surface area (Å²) in [6, 6.07) is 6.84. The zero-order valence-corrected chi connectivity index (χ0v) is 16.3. The van der Waals surface area contributed by atoms with Gasteiger partial charge in [-0.15, -0.1) is 0 Å². The van der Waals surface area contributed by atoms with Gasteiger partial charge >= 0.3 is 0 Å². The van der Waals surface area contributed by atoms with Gasteiger partial charge in [-0.2, -0.15) is 0 Å². The van der Waals surface area contributed by atoms with Gasteiger partial charge in [0.1, 0.15) is 5.75 Å². The summed E-state index contributed by atoms with van der Waals surface area (Å²) in [5.41, 5.74) is 0.353. The summed E-state index contributed by atoms with van der Waals surface area (Å²) in [6.07, 6.45) is 1.41. The molecule has 1 saturated heterocycles. The van der Waals surface area contributed by atoms with Crippen LogP contribution in [-0.2, 0) is 4.74 Å². The summed E-state index contributed by atoms with van der Waals surface area (Å²) < 4.78 is 5.85. The van der Waals surface area contributed by atoms with Crippen molar-refractivity contribution in [1.29, 1.82) is 0 Å². The Morgan fingerprint density at radius 2 is 2.11 bits per heavy atom. The largest absolute Gasteiger partial charge is 0.507 e. The molecule has 2 aliphatic rings. The molecule has 1 saturated carbocycles. The average Bonchev–Trinajstić information content (AvgIpc) is 3.10. The van der Waals surface area contributed by atoms with Gasteiger partial charge in [0.05, 0.1) is 18.2 Å². The molecule has 0 aromatic heterocycles. The summed E-state index contributed by atoms with van der Waals surface area (Å²) in [7, 11) is 0. The quantitative estimate of drug-likeness (QED) is 0.344. The Kier molecular flexibility index (Phi) is 5.89. The van der Waals surface area contributed by atoms with Crippen LogP contribution in [0.3, 0.4) is 0 Å². The number of ether oxygens (including phenoxy) is 1. The summed E-state index contributed by atoms with van der Waals surface area (Å²) in [6.45, 7) is 8.95. The first-order valence-electron chi connectivity index (χ1n) is 9.67. The van der Waals surface area contributed by atoms with Crippen LogP contribution in [0, 0.1) is 11.3 Å². The van der Waals surface area contributed by atoms with Gasteiger partial charge in [0.2, 0.25) is 0 Å². The van der Waals surface area contributed by atoms with E-state index in [1.165, 1.54) is 6.07 Å². The Bertz CT molecular complexity index is 704. The minimum absolute atomic E-state index is 0.0194. The average molecular weight is 374 g/mol. The molecule has 27 heavy (non-hydrogen) atoms. The number of hydrogen-bond donors (Lipinski definition) is 4. The van der Waals surface area contributed by atoms with Crippen molar-refractivity contribution in [3.8, 4) is 5.75 Å². The van der Waals surface area contributed by atoms with Crippen LogP contribution in [0.25, 0.3) is 0 Å². The molecule has 0 spiro atoms. The third kappa shape index (κ3) is 4.03. The Balaban J connectivity index is 1.52. The first-order chi connectivity index (χ1) is 12.9. The Morgan fingerprint density at radius 3 is 2.85 bits per heavy atom. The van der Waals surface area contributed by atoms with Crippen LogP contribution in [0.2, 0.25) is 0 Å². The molecule has 7 nitrogen and oxygen atoms in total. The highest BCUT2D eigenvalue weighted by molar-refractivity contribution is 5.96. The van der Waals surface area contributed by atoms with Crippen molar-refractivity contribution in [2.24, 2.45) is 16.3 Å². The van der Waals surface area contributed by atoms with Gasteiger partial charge < -0.3 is 25.8 Å². The van der Waals surface area contributed by atoms with Crippen LogP contribution >= 0.6 is 0 Å². The minimum atomic E-state index is -0.299. The van der Waals surface area contributed by atoms with Crippen LogP contribution in [0.15, 0.2) is 29.3 Å². The number of nitrogens with one attached hydrogen (secondary N) is 3. The topological polar surface area (TPSA) is 95.0 Å². The maximum absolute atomic E-state index is 12.1. The van der Waals surface area contributed by atoms with Gasteiger partial charge in [0.25, 0.3) is 5.91 Å². The summed E-state index contributed by atoms with van der Waals surface area (Å²) >= 11 is 0. The zero-order chi connectivity index (χ0) is 19.4. The highest BCUT2D eigenvalue weighted by atomic mass is 16.5. The predicted octanol–water partition coefficient (Wildman–Crippen LogP) is 1.49. The lowest BCUT2D eigenvalue weighted by Gasteiger charge is -2.54. The lowest BCUT2D eigenvalue weighted by Crippen LogP contribution is -2.68. The fraction of sp³-hybridized carbons (Fsp3) is 0.600. The third-order valence-corrected chi connectivity index (χ3v) is 5.55. The number of nitrogens with zero attached hydrogens (tertiary/aromatic N) is 1. The van der Waals surface area contributed by atoms with E-state index in [0.29, 0.717) is 31.2 Å². The number of phenols is 1. The van der Waals surface area contributed by atoms with Crippen LogP contribution in [-0.4, -0.2) is 55.4 Å². The number of aromatic hydroxyl groups is 1. The lowest BCUT2D eigenvalue weighted by molar-refractivity contribution is -0.106. The molecule has 1 aromatic rings. The molecule has 1 aromatic carbocycles. The minimum Gasteiger partial charge on any atom is -0.507 e. The number of phenolic OH excluding ortho intramolecular Hbond substituents is 1. The van der Waals surface area contributed by atoms with Gasteiger partial charge in [-0.3, -0.25) is 9.79 Å². The van der Waals surface area contributed by atoms with E-state index in [1.54, 1.807) is 18.2 Å². The van der Waals surface area contributed by atoms with Gasteiger partial charge in [-0.1, -0.05) is 26.0 Å². The smallest absolute Gasteiger partial charge is 0.255 e. The standard InChI is InChI=1S/C20H30N4O3/c1-4-21-19(24-16-14-9-12-27-17(14)20(16,2)3)23-11-10-22-18(26)13-7-5-6-8-15(13)25/h5-8,14,16-17,25H,4,9-12H2,1-3H3,(H,22,26)(H2,21,23,24). The Labute approximate surface area is 160 Å². The molecule has 0 bridgehead atoms. The van der Waals surface area contributed by atoms with Gasteiger partial charge in [-0.05, 0) is 25.5 Å². The second kappa shape index (κ2) is 8.17. The molecular formula is C20H30N4O3. The molecule has 0 radical (unpaired) electrons. The lowest BCUT2D eigenvalue weighted by atomic mass is 9.57. The number of benzene rings is 1. The van der Waals surface area contributed by atoms with Crippen LogP contribution in [0.5, 0.6) is 5.75 Å². The molecule has 1 amide bonds. The van der Waals surface area contributed by atoms with Crippen molar-refractivity contribution >= 4 is 11.9 Å². The molecule has 1 aliphatic heterocycles. The number of hydrogen-bond acceptors (Lipinski definition) is 4. The zero-order valence-electron chi connectivity index (χ0n) is 16.3. The third-order valence-electron chi connectivity index (χ3n) is 5.55. The Hall–Kier alpha value is -2.28. The molecule has 1 heterocycles. The monoisotopic (exact) mass is 374 g/mol. The Morgan fingerprint density at radius 1 is 1.33 bits per heavy atom.